The Bertz CT molecular complexity index is 509. The molecule has 2 saturated heterocycles. The molecule has 0 aromatic rings. The molecule has 0 aromatic heterocycles. The number of hydrogen-bond acceptors (Lipinski definition) is 4. The number of alkyl halides is 3. The van der Waals surface area contributed by atoms with Gasteiger partial charge in [0, 0.05) is 19.1 Å². The molecule has 2 heterocycles. The Hall–Kier alpha value is -1.03. The molecule has 2 aliphatic rings. The molecular weight excluding hydrogens is 323 g/mol. The van der Waals surface area contributed by atoms with Gasteiger partial charge in [-0.1, -0.05) is 0 Å². The Morgan fingerprint density at radius 3 is 2.59 bits per heavy atom. The van der Waals surface area contributed by atoms with Crippen LogP contribution >= 0.6 is 0 Å². The SMILES string of the molecule is O=C(NC[C@@H]1CCN(CC(F)(F)F)C1)N[C@@H]1CCS(=O)(=O)C1. The molecule has 0 saturated carbocycles. The minimum Gasteiger partial charge on any atom is -0.338 e. The van der Waals surface area contributed by atoms with Crippen molar-refractivity contribution in [1.29, 1.82) is 0 Å². The van der Waals surface area contributed by atoms with Crippen LogP contribution in [-0.2, 0) is 9.84 Å². The lowest BCUT2D eigenvalue weighted by Gasteiger charge is -2.18. The van der Waals surface area contributed by atoms with E-state index in [1.807, 2.05) is 0 Å². The maximum Gasteiger partial charge on any atom is 0.401 e. The lowest BCUT2D eigenvalue weighted by molar-refractivity contribution is -0.143. The predicted octanol–water partition coefficient (Wildman–Crippen LogP) is 0.357. The molecule has 0 aromatic carbocycles. The molecule has 2 rings (SSSR count). The number of sulfone groups is 1. The smallest absolute Gasteiger partial charge is 0.338 e. The lowest BCUT2D eigenvalue weighted by atomic mass is 10.1. The Morgan fingerprint density at radius 1 is 1.27 bits per heavy atom. The fourth-order valence-corrected chi connectivity index (χ4v) is 4.53. The van der Waals surface area contributed by atoms with E-state index in [-0.39, 0.29) is 23.5 Å². The van der Waals surface area contributed by atoms with Crippen LogP contribution in [0.5, 0.6) is 0 Å². The molecule has 10 heteroatoms. The fourth-order valence-electron chi connectivity index (χ4n) is 2.86. The van der Waals surface area contributed by atoms with E-state index in [1.54, 1.807) is 0 Å². The largest absolute Gasteiger partial charge is 0.401 e. The summed E-state index contributed by atoms with van der Waals surface area (Å²) in [6.45, 7) is 0.0429. The van der Waals surface area contributed by atoms with Crippen molar-refractivity contribution in [3.8, 4) is 0 Å². The number of halogens is 3. The average Bonchev–Trinajstić information content (AvgIpc) is 2.91. The van der Waals surface area contributed by atoms with E-state index in [0.29, 0.717) is 32.5 Å². The van der Waals surface area contributed by atoms with Crippen molar-refractivity contribution in [2.45, 2.75) is 25.1 Å². The van der Waals surface area contributed by atoms with Crippen LogP contribution < -0.4 is 10.6 Å². The fraction of sp³-hybridized carbons (Fsp3) is 0.917. The van der Waals surface area contributed by atoms with E-state index >= 15 is 0 Å². The summed E-state index contributed by atoms with van der Waals surface area (Å²) in [4.78, 5) is 13.0. The van der Waals surface area contributed by atoms with Crippen molar-refractivity contribution in [2.75, 3.05) is 37.7 Å². The molecule has 0 radical (unpaired) electrons. The molecular formula is C12H20F3N3O3S. The average molecular weight is 343 g/mol. The molecule has 0 spiro atoms. The third-order valence-electron chi connectivity index (χ3n) is 3.89. The van der Waals surface area contributed by atoms with Crippen LogP contribution in [0.2, 0.25) is 0 Å². The zero-order chi connectivity index (χ0) is 16.4. The van der Waals surface area contributed by atoms with Gasteiger partial charge in [-0.15, -0.1) is 0 Å². The minimum absolute atomic E-state index is 0.0135. The van der Waals surface area contributed by atoms with E-state index < -0.39 is 28.6 Å². The molecule has 2 atom stereocenters. The molecule has 2 aliphatic heterocycles. The third kappa shape index (κ3) is 5.64. The van der Waals surface area contributed by atoms with Crippen LogP contribution in [0.1, 0.15) is 12.8 Å². The first-order valence-electron chi connectivity index (χ1n) is 7.17. The summed E-state index contributed by atoms with van der Waals surface area (Å²) < 4.78 is 59.3. The summed E-state index contributed by atoms with van der Waals surface area (Å²) in [6.07, 6.45) is -3.19. The van der Waals surface area contributed by atoms with Gasteiger partial charge in [-0.3, -0.25) is 4.90 Å². The maximum atomic E-state index is 12.3. The summed E-state index contributed by atoms with van der Waals surface area (Å²) >= 11 is 0. The summed E-state index contributed by atoms with van der Waals surface area (Å²) in [5, 5.41) is 5.19. The number of nitrogens with one attached hydrogen (secondary N) is 2. The molecule has 0 aliphatic carbocycles. The monoisotopic (exact) mass is 343 g/mol. The topological polar surface area (TPSA) is 78.5 Å². The van der Waals surface area contributed by atoms with E-state index in [4.69, 9.17) is 0 Å². The van der Waals surface area contributed by atoms with Crippen LogP contribution in [-0.4, -0.2) is 69.3 Å². The number of nitrogens with zero attached hydrogens (tertiary/aromatic N) is 1. The second kappa shape index (κ2) is 6.61. The number of amides is 2. The normalized spacial score (nSPS) is 28.7. The van der Waals surface area contributed by atoms with Gasteiger partial charge in [-0.25, -0.2) is 13.2 Å². The van der Waals surface area contributed by atoms with Gasteiger partial charge in [0.2, 0.25) is 0 Å². The zero-order valence-electron chi connectivity index (χ0n) is 12.0. The van der Waals surface area contributed by atoms with Crippen LogP contribution in [0.25, 0.3) is 0 Å². The Kier molecular flexibility index (Phi) is 5.21. The highest BCUT2D eigenvalue weighted by atomic mass is 32.2. The van der Waals surface area contributed by atoms with Crippen molar-refractivity contribution < 1.29 is 26.4 Å². The van der Waals surface area contributed by atoms with Gasteiger partial charge in [0.1, 0.15) is 0 Å². The molecule has 2 fully saturated rings. The van der Waals surface area contributed by atoms with Gasteiger partial charge in [-0.2, -0.15) is 13.2 Å². The van der Waals surface area contributed by atoms with E-state index in [2.05, 4.69) is 10.6 Å². The maximum absolute atomic E-state index is 12.3. The number of urea groups is 1. The standard InChI is InChI=1S/C12H20F3N3O3S/c13-12(14,15)8-18-3-1-9(6-18)5-16-11(19)17-10-2-4-22(20,21)7-10/h9-10H,1-8H2,(H2,16,17,19)/t9-,10+/m0/s1. The number of hydrogen-bond donors (Lipinski definition) is 2. The van der Waals surface area contributed by atoms with E-state index in [9.17, 15) is 26.4 Å². The van der Waals surface area contributed by atoms with Crippen LogP contribution in [0.4, 0.5) is 18.0 Å². The van der Waals surface area contributed by atoms with Crippen molar-refractivity contribution in [2.24, 2.45) is 5.92 Å². The van der Waals surface area contributed by atoms with Crippen molar-refractivity contribution in [1.82, 2.24) is 15.5 Å². The van der Waals surface area contributed by atoms with Crippen molar-refractivity contribution >= 4 is 15.9 Å². The quantitative estimate of drug-likeness (QED) is 0.772. The first-order chi connectivity index (χ1) is 10.1. The molecule has 6 nitrogen and oxygen atoms in total. The number of rotatable bonds is 4. The molecule has 22 heavy (non-hydrogen) atoms. The Morgan fingerprint density at radius 2 is 2.00 bits per heavy atom. The predicted molar refractivity (Wildman–Crippen MR) is 74.2 cm³/mol. The second-order valence-corrected chi connectivity index (χ2v) is 8.19. The summed E-state index contributed by atoms with van der Waals surface area (Å²) in [5.74, 6) is 0.0105. The summed E-state index contributed by atoms with van der Waals surface area (Å²) in [5.41, 5.74) is 0. The highest BCUT2D eigenvalue weighted by molar-refractivity contribution is 7.91. The minimum atomic E-state index is -4.20. The number of carbonyl (C=O) groups excluding carboxylic acids is 1. The first-order valence-corrected chi connectivity index (χ1v) is 8.99. The van der Waals surface area contributed by atoms with Gasteiger partial charge in [0.05, 0.1) is 18.1 Å². The molecule has 2 amide bonds. The first kappa shape index (κ1) is 17.3. The van der Waals surface area contributed by atoms with E-state index in [0.717, 1.165) is 0 Å². The van der Waals surface area contributed by atoms with E-state index in [1.165, 1.54) is 4.90 Å². The Labute approximate surface area is 127 Å². The lowest BCUT2D eigenvalue weighted by Crippen LogP contribution is -2.44. The summed E-state index contributed by atoms with van der Waals surface area (Å²) in [7, 11) is -3.05. The van der Waals surface area contributed by atoms with Gasteiger partial charge in [0.25, 0.3) is 0 Å². The number of likely N-dealkylation sites (tertiary alicyclic amines) is 1. The molecule has 0 bridgehead atoms. The second-order valence-electron chi connectivity index (χ2n) is 5.96. The number of carbonyl (C=O) groups is 1. The van der Waals surface area contributed by atoms with Gasteiger partial charge >= 0.3 is 12.2 Å². The molecule has 2 N–H and O–H groups in total. The highest BCUT2D eigenvalue weighted by Gasteiger charge is 2.34. The summed E-state index contributed by atoms with van der Waals surface area (Å²) in [6, 6.07) is -0.841. The van der Waals surface area contributed by atoms with Gasteiger partial charge in [-0.05, 0) is 25.3 Å². The van der Waals surface area contributed by atoms with Crippen molar-refractivity contribution in [3.63, 3.8) is 0 Å². The molecule has 0 unspecified atom stereocenters. The van der Waals surface area contributed by atoms with Gasteiger partial charge in [0.15, 0.2) is 9.84 Å². The Balaban J connectivity index is 1.65. The van der Waals surface area contributed by atoms with Crippen molar-refractivity contribution in [3.05, 3.63) is 0 Å². The van der Waals surface area contributed by atoms with Gasteiger partial charge < -0.3 is 10.6 Å². The third-order valence-corrected chi connectivity index (χ3v) is 5.66. The van der Waals surface area contributed by atoms with Crippen LogP contribution in [0.15, 0.2) is 0 Å². The van der Waals surface area contributed by atoms with Crippen LogP contribution in [0.3, 0.4) is 0 Å². The molecule has 128 valence electrons. The highest BCUT2D eigenvalue weighted by Crippen LogP contribution is 2.22. The van der Waals surface area contributed by atoms with Crippen LogP contribution in [0, 0.1) is 5.92 Å². The zero-order valence-corrected chi connectivity index (χ0v) is 12.8.